The number of carbonyl (C=O) groups is 2. The van der Waals surface area contributed by atoms with Crippen molar-refractivity contribution in [2.24, 2.45) is 0 Å². The molecule has 0 radical (unpaired) electrons. The molecule has 4 atom stereocenters. The van der Waals surface area contributed by atoms with Crippen LogP contribution >= 0.6 is 0 Å². The molecule has 0 aromatic heterocycles. The van der Waals surface area contributed by atoms with Crippen molar-refractivity contribution in [3.8, 4) is 0 Å². The van der Waals surface area contributed by atoms with Crippen molar-refractivity contribution in [2.45, 2.75) is 110 Å². The minimum absolute atomic E-state index is 0.283. The van der Waals surface area contributed by atoms with Gasteiger partial charge in [-0.15, -0.1) is 0 Å². The second-order valence-corrected chi connectivity index (χ2v) is 29.8. The van der Waals surface area contributed by atoms with Crippen LogP contribution in [0.3, 0.4) is 0 Å². The third kappa shape index (κ3) is 15.3. The van der Waals surface area contributed by atoms with E-state index >= 15 is 0 Å². The molecule has 11 heteroatoms. The number of carbonyl (C=O) groups excluding carboxylic acids is 2. The molecule has 0 fully saturated rings. The van der Waals surface area contributed by atoms with Crippen LogP contribution in [0.2, 0.25) is 78.6 Å². The number of aldehydes is 1. The average molecular weight is 510 g/mol. The lowest BCUT2D eigenvalue weighted by atomic mass is 10.0. The molecule has 31 heavy (non-hydrogen) atoms. The van der Waals surface area contributed by atoms with E-state index in [1.54, 1.807) is 0 Å². The Kier molecular flexibility index (Phi) is 11.8. The van der Waals surface area contributed by atoms with Crippen molar-refractivity contribution in [3.63, 3.8) is 0 Å². The van der Waals surface area contributed by atoms with E-state index in [9.17, 15) is 9.59 Å². The molecule has 0 saturated heterocycles. The van der Waals surface area contributed by atoms with Gasteiger partial charge >= 0.3 is 0 Å². The van der Waals surface area contributed by atoms with Crippen LogP contribution in [0.1, 0.15) is 6.92 Å². The molecule has 1 N–H and O–H groups in total. The maximum atomic E-state index is 12.1. The van der Waals surface area contributed by atoms with E-state index in [1.165, 1.54) is 6.92 Å². The van der Waals surface area contributed by atoms with Gasteiger partial charge in [-0.2, -0.15) is 0 Å². The summed E-state index contributed by atoms with van der Waals surface area (Å²) in [5.41, 5.74) is 0. The van der Waals surface area contributed by atoms with Crippen molar-refractivity contribution in [1.29, 1.82) is 0 Å². The molecule has 0 saturated carbocycles. The van der Waals surface area contributed by atoms with Crippen LogP contribution in [-0.2, 0) is 27.3 Å². The van der Waals surface area contributed by atoms with Crippen molar-refractivity contribution in [2.75, 3.05) is 6.61 Å². The lowest BCUT2D eigenvalue weighted by Gasteiger charge is -2.43. The SMILES string of the molecule is CC(=O)N[C@@H](C=O)[C@@H](O[Si](C)(C)C)[C@@H](O[Si](C)(C)C)[C@@H](CO[Si](C)(C)C)O[Si](C)(C)C. The summed E-state index contributed by atoms with van der Waals surface area (Å²) in [4.78, 5) is 23.9. The zero-order valence-corrected chi connectivity index (χ0v) is 26.0. The van der Waals surface area contributed by atoms with E-state index < -0.39 is 57.6 Å². The number of hydrogen-bond acceptors (Lipinski definition) is 6. The lowest BCUT2D eigenvalue weighted by molar-refractivity contribution is -0.127. The normalized spacial score (nSPS) is 17.6. The Balaban J connectivity index is 6.43. The summed E-state index contributed by atoms with van der Waals surface area (Å²) in [6.07, 6.45) is -0.852. The highest BCUT2D eigenvalue weighted by Crippen LogP contribution is 2.26. The van der Waals surface area contributed by atoms with Crippen molar-refractivity contribution >= 4 is 45.5 Å². The van der Waals surface area contributed by atoms with Crippen molar-refractivity contribution in [1.82, 2.24) is 5.32 Å². The first-order valence-corrected chi connectivity index (χ1v) is 24.7. The van der Waals surface area contributed by atoms with Gasteiger partial charge in [0.15, 0.2) is 33.3 Å². The van der Waals surface area contributed by atoms with E-state index in [0.29, 0.717) is 6.61 Å². The molecule has 0 aliphatic rings. The van der Waals surface area contributed by atoms with Gasteiger partial charge in [0.1, 0.15) is 12.3 Å². The van der Waals surface area contributed by atoms with Crippen LogP contribution in [0.15, 0.2) is 0 Å². The predicted octanol–water partition coefficient (Wildman–Crippen LogP) is 4.20. The fraction of sp³-hybridized carbons (Fsp3) is 0.900. The van der Waals surface area contributed by atoms with Gasteiger partial charge in [-0.1, -0.05) is 0 Å². The predicted molar refractivity (Wildman–Crippen MR) is 138 cm³/mol. The molecule has 0 rings (SSSR count). The van der Waals surface area contributed by atoms with E-state index in [-0.39, 0.29) is 5.91 Å². The summed E-state index contributed by atoms with van der Waals surface area (Å²) in [5, 5.41) is 2.76. The minimum Gasteiger partial charge on any atom is -0.415 e. The number of amides is 1. The van der Waals surface area contributed by atoms with Gasteiger partial charge < -0.3 is 27.8 Å². The maximum Gasteiger partial charge on any atom is 0.217 e. The fourth-order valence-corrected chi connectivity index (χ4v) is 6.90. The maximum absolute atomic E-state index is 12.1. The Hall–Kier alpha value is -0.152. The zero-order valence-electron chi connectivity index (χ0n) is 22.0. The summed E-state index contributed by atoms with van der Waals surface area (Å²) in [6, 6.07) is -0.829. The number of nitrogens with one attached hydrogen (secondary N) is 1. The van der Waals surface area contributed by atoms with Crippen LogP contribution in [0, 0.1) is 0 Å². The Morgan fingerprint density at radius 1 is 0.742 bits per heavy atom. The molecule has 1 amide bonds. The number of rotatable bonds is 14. The van der Waals surface area contributed by atoms with Crippen LogP contribution in [-0.4, -0.2) is 76.4 Å². The molecular weight excluding hydrogens is 463 g/mol. The smallest absolute Gasteiger partial charge is 0.217 e. The average Bonchev–Trinajstić information content (AvgIpc) is 2.48. The van der Waals surface area contributed by atoms with Crippen LogP contribution in [0.4, 0.5) is 0 Å². The Morgan fingerprint density at radius 3 is 1.48 bits per heavy atom. The highest BCUT2D eigenvalue weighted by atomic mass is 28.4. The fourth-order valence-electron chi connectivity index (χ4n) is 2.93. The van der Waals surface area contributed by atoms with Gasteiger partial charge in [0.25, 0.3) is 0 Å². The molecule has 7 nitrogen and oxygen atoms in total. The monoisotopic (exact) mass is 509 g/mol. The molecule has 0 aliphatic heterocycles. The minimum atomic E-state index is -2.10. The third-order valence-corrected chi connectivity index (χ3v) is 7.73. The second-order valence-electron chi connectivity index (χ2n) is 11.9. The first-order chi connectivity index (χ1) is 13.6. The standard InChI is InChI=1S/C20H47NO6Si4/c1-16(23)21-17(14-22)19(26-30(8,9)10)20(27-31(11,12)13)18(25-29(5,6)7)15-24-28(2,3)4/h14,17-20H,15H2,1-13H3,(H,21,23)/t17-,18+,19+,20-/m0/s1. The molecule has 184 valence electrons. The summed E-state index contributed by atoms with van der Waals surface area (Å²) in [5.74, 6) is -0.283. The van der Waals surface area contributed by atoms with Crippen molar-refractivity contribution in [3.05, 3.63) is 0 Å². The zero-order chi connectivity index (χ0) is 24.8. The quantitative estimate of drug-likeness (QED) is 0.279. The van der Waals surface area contributed by atoms with E-state index in [4.69, 9.17) is 17.7 Å². The lowest BCUT2D eigenvalue weighted by Crippen LogP contribution is -2.61. The Morgan fingerprint density at radius 2 is 1.16 bits per heavy atom. The third-order valence-electron chi connectivity index (χ3n) is 3.73. The summed E-state index contributed by atoms with van der Waals surface area (Å²) >= 11 is 0. The first-order valence-electron chi connectivity index (χ1n) is 11.0. The highest BCUT2D eigenvalue weighted by molar-refractivity contribution is 6.71. The van der Waals surface area contributed by atoms with Crippen LogP contribution in [0.5, 0.6) is 0 Å². The molecule has 0 bridgehead atoms. The van der Waals surface area contributed by atoms with Crippen LogP contribution in [0.25, 0.3) is 0 Å². The number of hydrogen-bond donors (Lipinski definition) is 1. The van der Waals surface area contributed by atoms with Crippen LogP contribution < -0.4 is 5.32 Å². The second kappa shape index (κ2) is 11.8. The van der Waals surface area contributed by atoms with E-state index in [1.807, 2.05) is 0 Å². The van der Waals surface area contributed by atoms with Gasteiger partial charge in [0.2, 0.25) is 5.91 Å². The van der Waals surface area contributed by atoms with E-state index in [0.717, 1.165) is 6.29 Å². The first kappa shape index (κ1) is 30.8. The topological polar surface area (TPSA) is 83.1 Å². The molecular formula is C20H47NO6Si4. The van der Waals surface area contributed by atoms with Gasteiger partial charge in [0, 0.05) is 6.92 Å². The highest BCUT2D eigenvalue weighted by Gasteiger charge is 2.43. The molecule has 0 heterocycles. The summed E-state index contributed by atoms with van der Waals surface area (Å²) in [7, 11) is -7.98. The van der Waals surface area contributed by atoms with E-state index in [2.05, 4.69) is 83.9 Å². The summed E-state index contributed by atoms with van der Waals surface area (Å²) < 4.78 is 26.0. The van der Waals surface area contributed by atoms with Crippen molar-refractivity contribution < 1.29 is 27.3 Å². The molecule has 0 aromatic carbocycles. The van der Waals surface area contributed by atoms with Gasteiger partial charge in [-0.05, 0) is 78.6 Å². The summed E-state index contributed by atoms with van der Waals surface area (Å²) in [6.45, 7) is 27.0. The van der Waals surface area contributed by atoms with Gasteiger partial charge in [-0.25, -0.2) is 0 Å². The molecule has 0 spiro atoms. The molecule has 0 unspecified atom stereocenters. The van der Waals surface area contributed by atoms with Gasteiger partial charge in [-0.3, -0.25) is 4.79 Å². The van der Waals surface area contributed by atoms with Gasteiger partial charge in [0.05, 0.1) is 24.9 Å². The molecule has 0 aliphatic carbocycles. The largest absolute Gasteiger partial charge is 0.415 e. The molecule has 0 aromatic rings. The Bertz CT molecular complexity index is 578. The Labute approximate surface area is 194 Å².